The summed E-state index contributed by atoms with van der Waals surface area (Å²) in [6.07, 6.45) is 9.52. The highest BCUT2D eigenvalue weighted by Crippen LogP contribution is 2.38. The van der Waals surface area contributed by atoms with Gasteiger partial charge in [0.2, 0.25) is 0 Å². The van der Waals surface area contributed by atoms with Gasteiger partial charge in [-0.25, -0.2) is 4.79 Å². The molecule has 0 saturated carbocycles. The largest absolute Gasteiger partial charge is 0.330 e. The number of amides is 2. The fourth-order valence-electron chi connectivity index (χ4n) is 4.13. The second-order valence-electron chi connectivity index (χ2n) is 7.69. The number of carbonyl (C=O) groups is 1. The number of rotatable bonds is 5. The minimum absolute atomic E-state index is 0.168. The lowest BCUT2D eigenvalue weighted by Gasteiger charge is -2.37. The maximum Gasteiger partial charge on any atom is 0.330 e. The number of fused-ring (bicyclic) bond motifs is 1. The number of nitrogens with zero attached hydrogens (tertiary/aromatic N) is 4. The fraction of sp³-hybridized carbons (Fsp3) is 0.579. The zero-order valence-corrected chi connectivity index (χ0v) is 18.3. The van der Waals surface area contributed by atoms with Crippen molar-refractivity contribution in [3.05, 3.63) is 27.7 Å². The van der Waals surface area contributed by atoms with E-state index in [1.165, 1.54) is 33.9 Å². The third-order valence-corrected chi connectivity index (χ3v) is 7.64. The molecule has 1 saturated heterocycles. The first-order valence-corrected chi connectivity index (χ1v) is 11.4. The monoisotopic (exact) mass is 420 g/mol. The van der Waals surface area contributed by atoms with Gasteiger partial charge in [-0.3, -0.25) is 13.7 Å². The molecule has 1 fully saturated rings. The van der Waals surface area contributed by atoms with E-state index in [0.717, 1.165) is 50.1 Å². The van der Waals surface area contributed by atoms with E-state index >= 15 is 0 Å². The van der Waals surface area contributed by atoms with Gasteiger partial charge >= 0.3 is 6.03 Å². The Bertz CT molecular complexity index is 848. The molecule has 0 radical (unpaired) electrons. The molecule has 2 aromatic rings. The molecule has 0 spiro atoms. The first-order valence-electron chi connectivity index (χ1n) is 9.83. The molecule has 7 nitrogen and oxygen atoms in total. The first-order chi connectivity index (χ1) is 13.5. The summed E-state index contributed by atoms with van der Waals surface area (Å²) >= 11 is 3.18. The molecule has 1 aliphatic heterocycles. The summed E-state index contributed by atoms with van der Waals surface area (Å²) in [6, 6.07) is 0.166. The number of anilines is 2. The molecule has 2 aliphatic rings. The second-order valence-corrected chi connectivity index (χ2v) is 9.78. The maximum atomic E-state index is 12.7. The zero-order chi connectivity index (χ0) is 19.7. The lowest BCUT2D eigenvalue weighted by molar-refractivity contribution is 0.253. The van der Waals surface area contributed by atoms with Crippen molar-refractivity contribution >= 4 is 40.9 Å². The van der Waals surface area contributed by atoms with E-state index in [-0.39, 0.29) is 6.03 Å². The van der Waals surface area contributed by atoms with Crippen molar-refractivity contribution in [3.63, 3.8) is 0 Å². The molecular formula is C19H28N6OS2. The van der Waals surface area contributed by atoms with Gasteiger partial charge in [-0.05, 0) is 58.2 Å². The smallest absolute Gasteiger partial charge is 0.306 e. The van der Waals surface area contributed by atoms with Gasteiger partial charge < -0.3 is 10.2 Å². The molecule has 0 unspecified atom stereocenters. The van der Waals surface area contributed by atoms with Crippen LogP contribution in [-0.2, 0) is 19.9 Å². The van der Waals surface area contributed by atoms with E-state index in [2.05, 4.69) is 38.3 Å². The summed E-state index contributed by atoms with van der Waals surface area (Å²) in [5, 5.41) is 7.41. The molecule has 0 bridgehead atoms. The number of nitrogens with one attached hydrogen (secondary N) is 2. The molecule has 0 aromatic carbocycles. The van der Waals surface area contributed by atoms with Crippen LogP contribution in [0.15, 0.2) is 12.4 Å². The summed E-state index contributed by atoms with van der Waals surface area (Å²) in [7, 11) is 4.07. The van der Waals surface area contributed by atoms with Crippen LogP contribution in [0.5, 0.6) is 0 Å². The van der Waals surface area contributed by atoms with Crippen molar-refractivity contribution in [3.8, 4) is 0 Å². The fourth-order valence-corrected chi connectivity index (χ4v) is 6.10. The number of piperidine rings is 1. The Labute approximate surface area is 174 Å². The molecule has 4 rings (SSSR count). The normalized spacial score (nSPS) is 19.5. The Morgan fingerprint density at radius 3 is 2.96 bits per heavy atom. The molecule has 9 heteroatoms. The molecule has 3 heterocycles. The Balaban J connectivity index is 1.43. The molecule has 1 aliphatic carbocycles. The number of hydrogen-bond donors (Lipinski definition) is 2. The Morgan fingerprint density at radius 1 is 1.36 bits per heavy atom. The average Bonchev–Trinajstić information content (AvgIpc) is 3.34. The van der Waals surface area contributed by atoms with E-state index in [9.17, 15) is 4.79 Å². The van der Waals surface area contributed by atoms with Gasteiger partial charge in [0.05, 0.1) is 35.7 Å². The maximum absolute atomic E-state index is 12.7. The van der Waals surface area contributed by atoms with E-state index in [1.54, 1.807) is 4.68 Å². The summed E-state index contributed by atoms with van der Waals surface area (Å²) in [5.41, 5.74) is 3.36. The number of likely N-dealkylation sites (tertiary alicyclic amines) is 1. The first kappa shape index (κ1) is 19.6. The van der Waals surface area contributed by atoms with Crippen LogP contribution in [0.4, 0.5) is 16.2 Å². The van der Waals surface area contributed by atoms with Gasteiger partial charge in [0.15, 0.2) is 0 Å². The van der Waals surface area contributed by atoms with Crippen LogP contribution in [0.3, 0.4) is 0 Å². The predicted octanol–water partition coefficient (Wildman–Crippen LogP) is 3.56. The molecule has 152 valence electrons. The predicted molar refractivity (Wildman–Crippen MR) is 117 cm³/mol. The van der Waals surface area contributed by atoms with Crippen molar-refractivity contribution in [2.45, 2.75) is 45.1 Å². The number of aryl methyl sites for hydroxylation is 3. The number of aromatic nitrogens is 2. The van der Waals surface area contributed by atoms with Crippen molar-refractivity contribution in [1.29, 1.82) is 0 Å². The average molecular weight is 421 g/mol. The number of carbonyl (C=O) groups excluding carboxylic acids is 1. The van der Waals surface area contributed by atoms with Crippen LogP contribution in [0, 0.1) is 6.92 Å². The number of thiophene rings is 1. The topological polar surface area (TPSA) is 65.4 Å². The Kier molecular flexibility index (Phi) is 5.84. The lowest BCUT2D eigenvalue weighted by Crippen LogP contribution is -2.45. The number of urea groups is 1. The SMILES string of the molecule is Cc1sc2c(c1NC(=O)NSN(c1cnn(C)c1)[C@H]1CCCN(C)C1)CCC2. The lowest BCUT2D eigenvalue weighted by atomic mass is 10.1. The van der Waals surface area contributed by atoms with Crippen molar-refractivity contribution in [2.24, 2.45) is 7.05 Å². The summed E-state index contributed by atoms with van der Waals surface area (Å²) in [4.78, 5) is 17.6. The molecule has 2 amide bonds. The highest BCUT2D eigenvalue weighted by Gasteiger charge is 2.27. The van der Waals surface area contributed by atoms with Gasteiger partial charge in [-0.1, -0.05) is 0 Å². The summed E-state index contributed by atoms with van der Waals surface area (Å²) in [5.74, 6) is 0. The third-order valence-electron chi connectivity index (χ3n) is 5.45. The van der Waals surface area contributed by atoms with Crippen LogP contribution in [0.25, 0.3) is 0 Å². The standard InChI is InChI=1S/C19H28N6OS2/c1-13-18(16-7-4-8-17(16)27-13)21-19(26)22-28-25(15-10-20-24(3)12-15)14-6-5-9-23(2)11-14/h10,12,14H,4-9,11H2,1-3H3,(H2,21,22,26)/t14-/m0/s1. The molecule has 2 aromatic heterocycles. The molecule has 28 heavy (non-hydrogen) atoms. The van der Waals surface area contributed by atoms with Gasteiger partial charge in [-0.2, -0.15) is 5.10 Å². The van der Waals surface area contributed by atoms with Crippen LogP contribution in [0.2, 0.25) is 0 Å². The highest BCUT2D eigenvalue weighted by molar-refractivity contribution is 7.99. The Morgan fingerprint density at radius 2 is 2.21 bits per heavy atom. The molecule has 2 N–H and O–H groups in total. The van der Waals surface area contributed by atoms with Crippen LogP contribution >= 0.6 is 23.5 Å². The Hall–Kier alpha value is -1.71. The van der Waals surface area contributed by atoms with E-state index in [0.29, 0.717) is 6.04 Å². The number of likely N-dealkylation sites (N-methyl/N-ethyl adjacent to an activating group) is 1. The van der Waals surface area contributed by atoms with Crippen LogP contribution in [-0.4, -0.2) is 46.9 Å². The third kappa shape index (κ3) is 4.16. The van der Waals surface area contributed by atoms with Gasteiger partial charge in [0.1, 0.15) is 0 Å². The minimum atomic E-state index is -0.168. The van der Waals surface area contributed by atoms with E-state index in [1.807, 2.05) is 30.8 Å². The molecular weight excluding hydrogens is 392 g/mol. The van der Waals surface area contributed by atoms with Gasteiger partial charge in [-0.15, -0.1) is 11.3 Å². The van der Waals surface area contributed by atoms with Crippen LogP contribution < -0.4 is 14.3 Å². The van der Waals surface area contributed by atoms with Crippen LogP contribution in [0.1, 0.15) is 34.6 Å². The van der Waals surface area contributed by atoms with Gasteiger partial charge in [0.25, 0.3) is 0 Å². The summed E-state index contributed by atoms with van der Waals surface area (Å²) in [6.45, 7) is 4.19. The van der Waals surface area contributed by atoms with Gasteiger partial charge in [0, 0.05) is 29.5 Å². The van der Waals surface area contributed by atoms with Crippen molar-refractivity contribution < 1.29 is 4.79 Å². The zero-order valence-electron chi connectivity index (χ0n) is 16.7. The quantitative estimate of drug-likeness (QED) is 0.724. The highest BCUT2D eigenvalue weighted by atomic mass is 32.2. The minimum Gasteiger partial charge on any atom is -0.306 e. The summed E-state index contributed by atoms with van der Waals surface area (Å²) < 4.78 is 6.99. The van der Waals surface area contributed by atoms with Crippen molar-refractivity contribution in [1.82, 2.24) is 19.4 Å². The van der Waals surface area contributed by atoms with Crippen molar-refractivity contribution in [2.75, 3.05) is 29.8 Å². The van der Waals surface area contributed by atoms with E-state index < -0.39 is 0 Å². The number of hydrogen-bond acceptors (Lipinski definition) is 6. The van der Waals surface area contributed by atoms with E-state index in [4.69, 9.17) is 0 Å². The molecule has 1 atom stereocenters. The second kappa shape index (κ2) is 8.34.